The van der Waals surface area contributed by atoms with Crippen LogP contribution in [0.15, 0.2) is 40.7 Å². The van der Waals surface area contributed by atoms with Gasteiger partial charge in [-0.15, -0.1) is 22.7 Å². The second kappa shape index (κ2) is 7.57. The molecule has 0 unspecified atom stereocenters. The summed E-state index contributed by atoms with van der Waals surface area (Å²) in [6.07, 6.45) is 4.98. The Morgan fingerprint density at radius 3 is 2.43 bits per heavy atom. The van der Waals surface area contributed by atoms with Gasteiger partial charge in [0.25, 0.3) is 11.8 Å². The van der Waals surface area contributed by atoms with Crippen molar-refractivity contribution in [2.24, 2.45) is 0 Å². The van der Waals surface area contributed by atoms with Gasteiger partial charge in [-0.3, -0.25) is 9.59 Å². The smallest absolute Gasteiger partial charge is 0.270 e. The second-order valence-corrected chi connectivity index (χ2v) is 7.28. The van der Waals surface area contributed by atoms with E-state index in [9.17, 15) is 9.59 Å². The van der Waals surface area contributed by atoms with Gasteiger partial charge in [0.15, 0.2) is 0 Å². The number of nitrogens with zero attached hydrogens (tertiary/aromatic N) is 1. The molecule has 1 aliphatic rings. The number of hydrogen-bond donors (Lipinski definition) is 1. The van der Waals surface area contributed by atoms with Crippen LogP contribution >= 0.6 is 22.7 Å². The molecule has 1 saturated heterocycles. The van der Waals surface area contributed by atoms with Crippen molar-refractivity contribution in [3.63, 3.8) is 0 Å². The summed E-state index contributed by atoms with van der Waals surface area (Å²) in [4.78, 5) is 28.5. The zero-order valence-electron chi connectivity index (χ0n) is 12.7. The second-order valence-electron chi connectivity index (χ2n) is 5.36. The van der Waals surface area contributed by atoms with Crippen LogP contribution in [0.5, 0.6) is 0 Å². The fourth-order valence-electron chi connectivity index (χ4n) is 2.53. The van der Waals surface area contributed by atoms with E-state index in [1.807, 2.05) is 33.9 Å². The van der Waals surface area contributed by atoms with Gasteiger partial charge >= 0.3 is 0 Å². The molecule has 120 valence electrons. The highest BCUT2D eigenvalue weighted by Crippen LogP contribution is 2.17. The van der Waals surface area contributed by atoms with E-state index in [4.69, 9.17) is 0 Å². The Balaban J connectivity index is 1.81. The first-order chi connectivity index (χ1) is 11.2. The average Bonchev–Trinajstić information content (AvgIpc) is 3.28. The Bertz CT molecular complexity index is 684. The van der Waals surface area contributed by atoms with E-state index in [0.717, 1.165) is 37.2 Å². The van der Waals surface area contributed by atoms with Gasteiger partial charge in [0, 0.05) is 18.0 Å². The third kappa shape index (κ3) is 4.09. The van der Waals surface area contributed by atoms with Crippen molar-refractivity contribution in [2.75, 3.05) is 13.1 Å². The van der Waals surface area contributed by atoms with E-state index in [2.05, 4.69) is 5.32 Å². The van der Waals surface area contributed by atoms with E-state index < -0.39 is 0 Å². The van der Waals surface area contributed by atoms with Crippen molar-refractivity contribution in [3.05, 3.63) is 50.5 Å². The number of carbonyl (C=O) groups excluding carboxylic acids is 2. The maximum absolute atomic E-state index is 12.8. The average molecular weight is 346 g/mol. The summed E-state index contributed by atoms with van der Waals surface area (Å²) in [7, 11) is 0. The standard InChI is InChI=1S/C17H18N2O2S2/c20-16(15-7-5-11-23-15)18-14(12-13-6-4-10-22-13)17(21)19-8-2-1-3-9-19/h4-7,10-12H,1-3,8-9H2,(H,18,20)/b14-12+. The highest BCUT2D eigenvalue weighted by Gasteiger charge is 2.22. The lowest BCUT2D eigenvalue weighted by atomic mass is 10.1. The molecule has 2 aromatic heterocycles. The topological polar surface area (TPSA) is 49.4 Å². The van der Waals surface area contributed by atoms with Gasteiger partial charge in [-0.1, -0.05) is 12.1 Å². The van der Waals surface area contributed by atoms with Crippen molar-refractivity contribution in [2.45, 2.75) is 19.3 Å². The lowest BCUT2D eigenvalue weighted by molar-refractivity contribution is -0.128. The largest absolute Gasteiger partial charge is 0.337 e. The highest BCUT2D eigenvalue weighted by molar-refractivity contribution is 7.12. The summed E-state index contributed by atoms with van der Waals surface area (Å²) >= 11 is 2.91. The molecule has 0 radical (unpaired) electrons. The molecular formula is C17H18N2O2S2. The zero-order chi connectivity index (χ0) is 16.1. The minimum atomic E-state index is -0.229. The van der Waals surface area contributed by atoms with Gasteiger partial charge in [0.1, 0.15) is 5.70 Å². The molecule has 6 heteroatoms. The van der Waals surface area contributed by atoms with Crippen molar-refractivity contribution < 1.29 is 9.59 Å². The Hall–Kier alpha value is -1.92. The van der Waals surface area contributed by atoms with Gasteiger partial charge < -0.3 is 10.2 Å². The maximum atomic E-state index is 12.8. The predicted molar refractivity (Wildman–Crippen MR) is 94.5 cm³/mol. The van der Waals surface area contributed by atoms with Gasteiger partial charge in [-0.05, 0) is 48.2 Å². The zero-order valence-corrected chi connectivity index (χ0v) is 14.3. The first-order valence-corrected chi connectivity index (χ1v) is 9.39. The van der Waals surface area contributed by atoms with Gasteiger partial charge in [-0.2, -0.15) is 0 Å². The molecule has 0 aliphatic carbocycles. The molecule has 0 bridgehead atoms. The van der Waals surface area contributed by atoms with Crippen molar-refractivity contribution in [1.29, 1.82) is 0 Å². The molecule has 2 aromatic rings. The highest BCUT2D eigenvalue weighted by atomic mass is 32.1. The lowest BCUT2D eigenvalue weighted by Gasteiger charge is -2.27. The number of amides is 2. The van der Waals surface area contributed by atoms with Crippen LogP contribution in [-0.2, 0) is 4.79 Å². The van der Waals surface area contributed by atoms with E-state index in [0.29, 0.717) is 10.6 Å². The number of likely N-dealkylation sites (tertiary alicyclic amines) is 1. The summed E-state index contributed by atoms with van der Waals surface area (Å²) in [6.45, 7) is 1.52. The number of piperidine rings is 1. The van der Waals surface area contributed by atoms with E-state index in [-0.39, 0.29) is 11.8 Å². The Morgan fingerprint density at radius 2 is 1.78 bits per heavy atom. The molecule has 3 heterocycles. The van der Waals surface area contributed by atoms with Crippen LogP contribution in [0.25, 0.3) is 6.08 Å². The number of carbonyl (C=O) groups is 2. The van der Waals surface area contributed by atoms with E-state index >= 15 is 0 Å². The molecule has 3 rings (SSSR count). The summed E-state index contributed by atoms with van der Waals surface area (Å²) < 4.78 is 0. The molecule has 4 nitrogen and oxygen atoms in total. The van der Waals surface area contributed by atoms with Crippen LogP contribution in [0.1, 0.15) is 33.8 Å². The number of thiophene rings is 2. The Morgan fingerprint density at radius 1 is 1.04 bits per heavy atom. The Labute approximate surface area is 143 Å². The molecule has 1 aliphatic heterocycles. The number of rotatable bonds is 4. The molecular weight excluding hydrogens is 328 g/mol. The van der Waals surface area contributed by atoms with E-state index in [1.54, 1.807) is 23.5 Å². The molecule has 0 aromatic carbocycles. The van der Waals surface area contributed by atoms with Crippen LogP contribution in [0.4, 0.5) is 0 Å². The fourth-order valence-corrected chi connectivity index (χ4v) is 3.80. The van der Waals surface area contributed by atoms with E-state index in [1.165, 1.54) is 11.3 Å². The quantitative estimate of drug-likeness (QED) is 0.860. The molecule has 0 saturated carbocycles. The summed E-state index contributed by atoms with van der Waals surface area (Å²) in [5.74, 6) is -0.323. The maximum Gasteiger partial charge on any atom is 0.270 e. The van der Waals surface area contributed by atoms with Crippen LogP contribution in [0.3, 0.4) is 0 Å². The van der Waals surface area contributed by atoms with Crippen LogP contribution < -0.4 is 5.32 Å². The molecule has 2 amide bonds. The van der Waals surface area contributed by atoms with Crippen molar-refractivity contribution >= 4 is 40.6 Å². The normalized spacial score (nSPS) is 15.5. The minimum Gasteiger partial charge on any atom is -0.337 e. The fraction of sp³-hybridized carbons (Fsp3) is 0.294. The minimum absolute atomic E-state index is 0.0944. The lowest BCUT2D eigenvalue weighted by Crippen LogP contribution is -2.41. The monoisotopic (exact) mass is 346 g/mol. The SMILES string of the molecule is O=C(N/C(=C/c1cccs1)C(=O)N1CCCCC1)c1cccs1. The third-order valence-corrected chi connectivity index (χ3v) is 5.38. The van der Waals surface area contributed by atoms with Crippen molar-refractivity contribution in [1.82, 2.24) is 10.2 Å². The van der Waals surface area contributed by atoms with Crippen LogP contribution in [-0.4, -0.2) is 29.8 Å². The summed E-state index contributed by atoms with van der Waals surface area (Å²) in [5.41, 5.74) is 0.354. The van der Waals surface area contributed by atoms with Crippen molar-refractivity contribution in [3.8, 4) is 0 Å². The number of hydrogen-bond acceptors (Lipinski definition) is 4. The van der Waals surface area contributed by atoms with Gasteiger partial charge in [0.2, 0.25) is 0 Å². The molecule has 0 atom stereocenters. The first kappa shape index (κ1) is 16.0. The Kier molecular flexibility index (Phi) is 5.25. The first-order valence-electron chi connectivity index (χ1n) is 7.63. The van der Waals surface area contributed by atoms with Gasteiger partial charge in [0.05, 0.1) is 4.88 Å². The van der Waals surface area contributed by atoms with Crippen LogP contribution in [0, 0.1) is 0 Å². The number of nitrogens with one attached hydrogen (secondary N) is 1. The van der Waals surface area contributed by atoms with Crippen LogP contribution in [0.2, 0.25) is 0 Å². The third-order valence-electron chi connectivity index (χ3n) is 3.70. The summed E-state index contributed by atoms with van der Waals surface area (Å²) in [6, 6.07) is 7.45. The molecule has 1 N–H and O–H groups in total. The molecule has 1 fully saturated rings. The summed E-state index contributed by atoms with van der Waals surface area (Å²) in [5, 5.41) is 6.61. The molecule has 23 heavy (non-hydrogen) atoms. The molecule has 0 spiro atoms. The van der Waals surface area contributed by atoms with Gasteiger partial charge in [-0.25, -0.2) is 0 Å². The predicted octanol–water partition coefficient (Wildman–Crippen LogP) is 3.59.